The van der Waals surface area contributed by atoms with Crippen LogP contribution in [-0.2, 0) is 4.79 Å². The molecule has 2 heterocycles. The van der Waals surface area contributed by atoms with Crippen molar-refractivity contribution < 1.29 is 9.72 Å². The third-order valence-corrected chi connectivity index (χ3v) is 3.80. The molecule has 0 radical (unpaired) electrons. The second kappa shape index (κ2) is 8.10. The Morgan fingerprint density at radius 2 is 2.00 bits per heavy atom. The fourth-order valence-corrected chi connectivity index (χ4v) is 2.58. The highest BCUT2D eigenvalue weighted by molar-refractivity contribution is 6.02. The number of anilines is 1. The first kappa shape index (κ1) is 19.4. The first-order valence-electron chi connectivity index (χ1n) is 8.41. The van der Waals surface area contributed by atoms with Gasteiger partial charge in [-0.2, -0.15) is 15.0 Å². The number of aryl methyl sites for hydroxylation is 2. The van der Waals surface area contributed by atoms with Gasteiger partial charge in [0.15, 0.2) is 5.82 Å². The molecule has 0 saturated heterocycles. The van der Waals surface area contributed by atoms with Crippen LogP contribution >= 0.6 is 0 Å². The van der Waals surface area contributed by atoms with Crippen LogP contribution in [0.2, 0.25) is 0 Å². The number of hydrogen-bond donors (Lipinski definition) is 1. The van der Waals surface area contributed by atoms with Crippen molar-refractivity contribution in [1.82, 2.24) is 19.7 Å². The van der Waals surface area contributed by atoms with Crippen molar-refractivity contribution in [3.05, 3.63) is 75.2 Å². The summed E-state index contributed by atoms with van der Waals surface area (Å²) in [6.07, 6.45) is 3.95. The number of nitro groups is 1. The monoisotopic (exact) mass is 389 g/mol. The van der Waals surface area contributed by atoms with Crippen LogP contribution < -0.4 is 5.32 Å². The lowest BCUT2D eigenvalue weighted by Crippen LogP contribution is -2.15. The molecule has 0 spiro atoms. The number of rotatable bonds is 5. The van der Waals surface area contributed by atoms with E-state index < -0.39 is 10.8 Å². The molecule has 0 unspecified atom stereocenters. The van der Waals surface area contributed by atoms with Crippen molar-refractivity contribution in [3.8, 4) is 12.0 Å². The van der Waals surface area contributed by atoms with Crippen LogP contribution in [0.4, 0.5) is 11.5 Å². The predicted molar refractivity (Wildman–Crippen MR) is 104 cm³/mol. The SMILES string of the molecule is Cc1cc(C)nc(-n2ncc(C#N)c2NC(=O)/C=C/c2cccc([N+](=O)[O-])c2)n1. The number of nitrogens with one attached hydrogen (secondary N) is 1. The minimum absolute atomic E-state index is 0.0793. The molecule has 1 amide bonds. The highest BCUT2D eigenvalue weighted by Crippen LogP contribution is 2.19. The van der Waals surface area contributed by atoms with Gasteiger partial charge in [0.05, 0.1) is 11.1 Å². The topological polar surface area (TPSA) is 140 Å². The van der Waals surface area contributed by atoms with Crippen molar-refractivity contribution in [2.45, 2.75) is 13.8 Å². The van der Waals surface area contributed by atoms with Gasteiger partial charge < -0.3 is 5.32 Å². The summed E-state index contributed by atoms with van der Waals surface area (Å²) in [5, 5.41) is 26.8. The number of amides is 1. The van der Waals surface area contributed by atoms with Crippen LogP contribution in [0.25, 0.3) is 12.0 Å². The molecule has 29 heavy (non-hydrogen) atoms. The summed E-state index contributed by atoms with van der Waals surface area (Å²) in [4.78, 5) is 31.3. The van der Waals surface area contributed by atoms with E-state index >= 15 is 0 Å². The number of nitro benzene ring substituents is 1. The van der Waals surface area contributed by atoms with Gasteiger partial charge in [-0.3, -0.25) is 14.9 Å². The summed E-state index contributed by atoms with van der Waals surface area (Å²) in [5.74, 6) is -0.188. The Labute approximate surface area is 165 Å². The minimum Gasteiger partial charge on any atom is -0.306 e. The van der Waals surface area contributed by atoms with Gasteiger partial charge in [0.2, 0.25) is 5.91 Å². The molecule has 0 atom stereocenters. The summed E-state index contributed by atoms with van der Waals surface area (Å²) < 4.78 is 1.28. The number of carbonyl (C=O) groups excluding carboxylic acids is 1. The Kier molecular flexibility index (Phi) is 5.41. The molecule has 0 aliphatic rings. The summed E-state index contributed by atoms with van der Waals surface area (Å²) in [7, 11) is 0. The van der Waals surface area contributed by atoms with E-state index in [1.165, 1.54) is 41.2 Å². The lowest BCUT2D eigenvalue weighted by atomic mass is 10.2. The maximum atomic E-state index is 12.4. The molecule has 3 aromatic rings. The zero-order chi connectivity index (χ0) is 21.0. The Hall–Kier alpha value is -4.39. The molecule has 0 aliphatic heterocycles. The molecule has 0 aliphatic carbocycles. The van der Waals surface area contributed by atoms with E-state index in [0.717, 1.165) is 0 Å². The standard InChI is InChI=1S/C19H15N7O3/c1-12-8-13(2)23-19(22-12)25-18(15(10-20)11-21-25)24-17(27)7-6-14-4-3-5-16(9-14)26(28)29/h3-9,11H,1-2H3,(H,24,27)/b7-6+. The predicted octanol–water partition coefficient (Wildman–Crippen LogP) is 2.71. The van der Waals surface area contributed by atoms with E-state index in [1.807, 2.05) is 6.07 Å². The van der Waals surface area contributed by atoms with Crippen LogP contribution in [0.5, 0.6) is 0 Å². The number of carbonyl (C=O) groups is 1. The number of benzene rings is 1. The third kappa shape index (κ3) is 4.48. The van der Waals surface area contributed by atoms with Gasteiger partial charge in [0.1, 0.15) is 11.6 Å². The van der Waals surface area contributed by atoms with E-state index in [1.54, 1.807) is 26.0 Å². The Morgan fingerprint density at radius 1 is 1.28 bits per heavy atom. The average molecular weight is 389 g/mol. The highest BCUT2D eigenvalue weighted by atomic mass is 16.6. The zero-order valence-corrected chi connectivity index (χ0v) is 15.5. The van der Waals surface area contributed by atoms with Crippen molar-refractivity contribution >= 4 is 23.5 Å². The van der Waals surface area contributed by atoms with Gasteiger partial charge in [0, 0.05) is 29.6 Å². The van der Waals surface area contributed by atoms with Crippen LogP contribution in [0.15, 0.2) is 42.6 Å². The highest BCUT2D eigenvalue weighted by Gasteiger charge is 2.16. The van der Waals surface area contributed by atoms with Crippen molar-refractivity contribution in [2.75, 3.05) is 5.32 Å². The summed E-state index contributed by atoms with van der Waals surface area (Å²) in [6, 6.07) is 9.61. The van der Waals surface area contributed by atoms with Crippen LogP contribution in [0, 0.1) is 35.3 Å². The van der Waals surface area contributed by atoms with Gasteiger partial charge in [-0.05, 0) is 31.6 Å². The summed E-state index contributed by atoms with van der Waals surface area (Å²) in [6.45, 7) is 3.60. The summed E-state index contributed by atoms with van der Waals surface area (Å²) >= 11 is 0. The number of non-ortho nitro benzene ring substituents is 1. The van der Waals surface area contributed by atoms with Crippen molar-refractivity contribution in [2.24, 2.45) is 0 Å². The van der Waals surface area contributed by atoms with Crippen LogP contribution in [-0.4, -0.2) is 30.6 Å². The van der Waals surface area contributed by atoms with Gasteiger partial charge in [0.25, 0.3) is 11.6 Å². The van der Waals surface area contributed by atoms with Crippen molar-refractivity contribution in [3.63, 3.8) is 0 Å². The van der Waals surface area contributed by atoms with Gasteiger partial charge in [-0.15, -0.1) is 0 Å². The zero-order valence-electron chi connectivity index (χ0n) is 15.5. The molecule has 10 nitrogen and oxygen atoms in total. The van der Waals surface area contributed by atoms with Crippen molar-refractivity contribution in [1.29, 1.82) is 5.26 Å². The molecule has 10 heteroatoms. The van der Waals surface area contributed by atoms with E-state index in [4.69, 9.17) is 0 Å². The Balaban J connectivity index is 1.87. The molecule has 0 fully saturated rings. The first-order valence-corrected chi connectivity index (χ1v) is 8.41. The molecular formula is C19H15N7O3. The molecule has 1 aromatic carbocycles. The molecule has 1 N–H and O–H groups in total. The maximum Gasteiger partial charge on any atom is 0.270 e. The number of hydrogen-bond acceptors (Lipinski definition) is 7. The number of aromatic nitrogens is 4. The average Bonchev–Trinajstić information content (AvgIpc) is 3.08. The molecule has 0 bridgehead atoms. The smallest absolute Gasteiger partial charge is 0.270 e. The maximum absolute atomic E-state index is 12.4. The van der Waals surface area contributed by atoms with E-state index in [9.17, 15) is 20.2 Å². The molecule has 0 saturated carbocycles. The van der Waals surface area contributed by atoms with E-state index in [2.05, 4.69) is 20.4 Å². The summed E-state index contributed by atoms with van der Waals surface area (Å²) in [5.41, 5.74) is 1.98. The fourth-order valence-electron chi connectivity index (χ4n) is 2.58. The third-order valence-electron chi connectivity index (χ3n) is 3.80. The quantitative estimate of drug-likeness (QED) is 0.402. The first-order chi connectivity index (χ1) is 13.9. The lowest BCUT2D eigenvalue weighted by Gasteiger charge is -2.08. The van der Waals surface area contributed by atoms with Gasteiger partial charge >= 0.3 is 0 Å². The van der Waals surface area contributed by atoms with Gasteiger partial charge in [-0.1, -0.05) is 12.1 Å². The Morgan fingerprint density at radius 3 is 2.66 bits per heavy atom. The Bertz CT molecular complexity index is 1150. The second-order valence-corrected chi connectivity index (χ2v) is 6.06. The van der Waals surface area contributed by atoms with Crippen LogP contribution in [0.3, 0.4) is 0 Å². The number of nitriles is 1. The normalized spacial score (nSPS) is 10.7. The van der Waals surface area contributed by atoms with E-state index in [-0.39, 0.29) is 23.0 Å². The van der Waals surface area contributed by atoms with Gasteiger partial charge in [-0.25, -0.2) is 9.97 Å². The van der Waals surface area contributed by atoms with E-state index in [0.29, 0.717) is 17.0 Å². The fraction of sp³-hybridized carbons (Fsp3) is 0.105. The lowest BCUT2D eigenvalue weighted by molar-refractivity contribution is -0.384. The molecule has 2 aromatic heterocycles. The second-order valence-electron chi connectivity index (χ2n) is 6.06. The largest absolute Gasteiger partial charge is 0.306 e. The number of nitrogens with zero attached hydrogens (tertiary/aromatic N) is 6. The van der Waals surface area contributed by atoms with Crippen LogP contribution in [0.1, 0.15) is 22.5 Å². The minimum atomic E-state index is -0.542. The molecule has 144 valence electrons. The molecule has 3 rings (SSSR count). The molecular weight excluding hydrogens is 374 g/mol.